The normalized spacial score (nSPS) is 11.4. The lowest BCUT2D eigenvalue weighted by molar-refractivity contribution is 0.198. The Kier molecular flexibility index (Phi) is 8.58. The molecular weight excluding hydrogens is 380 g/mol. The van der Waals surface area contributed by atoms with Crippen LogP contribution in [0.4, 0.5) is 10.5 Å². The van der Waals surface area contributed by atoms with E-state index in [0.29, 0.717) is 18.1 Å². The van der Waals surface area contributed by atoms with Crippen molar-refractivity contribution in [3.05, 3.63) is 64.2 Å². The van der Waals surface area contributed by atoms with E-state index < -0.39 is 0 Å². The first-order valence-corrected chi connectivity index (χ1v) is 11.0. The van der Waals surface area contributed by atoms with Crippen LogP contribution in [0, 0.1) is 12.3 Å². The number of amides is 2. The first kappa shape index (κ1) is 23.3. The molecule has 0 radical (unpaired) electrons. The molecule has 158 valence electrons. The van der Waals surface area contributed by atoms with Crippen LogP contribution >= 0.6 is 11.6 Å². The maximum atomic E-state index is 13.1. The van der Waals surface area contributed by atoms with E-state index in [1.165, 1.54) is 18.4 Å². The van der Waals surface area contributed by atoms with E-state index in [0.717, 1.165) is 29.7 Å². The number of urea groups is 1. The number of nitrogens with one attached hydrogen (secondary N) is 1. The van der Waals surface area contributed by atoms with Crippen molar-refractivity contribution in [2.45, 2.75) is 66.8 Å². The zero-order valence-electron chi connectivity index (χ0n) is 18.5. The van der Waals surface area contributed by atoms with Crippen LogP contribution in [0.3, 0.4) is 0 Å². The molecule has 0 spiro atoms. The van der Waals surface area contributed by atoms with Gasteiger partial charge in [0.1, 0.15) is 0 Å². The van der Waals surface area contributed by atoms with Crippen molar-refractivity contribution in [3.8, 4) is 0 Å². The van der Waals surface area contributed by atoms with Crippen molar-refractivity contribution in [1.29, 1.82) is 0 Å². The van der Waals surface area contributed by atoms with Crippen LogP contribution in [0.2, 0.25) is 5.02 Å². The molecule has 0 bridgehead atoms. The van der Waals surface area contributed by atoms with Crippen LogP contribution < -0.4 is 5.32 Å². The number of hydrogen-bond donors (Lipinski definition) is 1. The van der Waals surface area contributed by atoms with Crippen molar-refractivity contribution >= 4 is 23.3 Å². The van der Waals surface area contributed by atoms with Gasteiger partial charge in [-0.15, -0.1) is 0 Å². The lowest BCUT2D eigenvalue weighted by Crippen LogP contribution is -2.36. The summed E-state index contributed by atoms with van der Waals surface area (Å²) in [6, 6.07) is 14.1. The molecule has 0 saturated carbocycles. The molecule has 2 rings (SSSR count). The van der Waals surface area contributed by atoms with E-state index in [9.17, 15) is 4.79 Å². The Morgan fingerprint density at radius 2 is 1.72 bits per heavy atom. The second-order valence-electron chi connectivity index (χ2n) is 9.04. The van der Waals surface area contributed by atoms with Gasteiger partial charge in [0.2, 0.25) is 0 Å². The van der Waals surface area contributed by atoms with Gasteiger partial charge in [-0.05, 0) is 66.5 Å². The Morgan fingerprint density at radius 3 is 2.31 bits per heavy atom. The highest BCUT2D eigenvalue weighted by Crippen LogP contribution is 2.23. The number of carbonyl (C=O) groups is 1. The number of rotatable bonds is 8. The first-order chi connectivity index (χ1) is 13.7. The summed E-state index contributed by atoms with van der Waals surface area (Å²) in [5.41, 5.74) is 4.44. The molecular formula is C25H35ClN2O. The van der Waals surface area contributed by atoms with E-state index >= 15 is 0 Å². The predicted molar refractivity (Wildman–Crippen MR) is 125 cm³/mol. The molecule has 0 aliphatic carbocycles. The molecule has 0 atom stereocenters. The molecule has 1 N–H and O–H groups in total. The smallest absolute Gasteiger partial charge is 0.320 e. The largest absolute Gasteiger partial charge is 0.322 e. The van der Waals surface area contributed by atoms with Crippen LogP contribution in [0.15, 0.2) is 42.5 Å². The second-order valence-corrected chi connectivity index (χ2v) is 9.48. The summed E-state index contributed by atoms with van der Waals surface area (Å²) in [5, 5.41) is 3.74. The predicted octanol–water partition coefficient (Wildman–Crippen LogP) is 7.46. The van der Waals surface area contributed by atoms with Gasteiger partial charge >= 0.3 is 6.03 Å². The monoisotopic (exact) mass is 414 g/mol. The Morgan fingerprint density at radius 1 is 1.07 bits per heavy atom. The van der Waals surface area contributed by atoms with Gasteiger partial charge in [0.25, 0.3) is 0 Å². The number of benzene rings is 2. The molecule has 29 heavy (non-hydrogen) atoms. The topological polar surface area (TPSA) is 32.3 Å². The quantitative estimate of drug-likeness (QED) is 0.477. The summed E-state index contributed by atoms with van der Waals surface area (Å²) in [6.45, 7) is 12.1. The summed E-state index contributed by atoms with van der Waals surface area (Å²) in [7, 11) is 0. The molecule has 0 heterocycles. The van der Waals surface area contributed by atoms with Gasteiger partial charge in [-0.25, -0.2) is 4.79 Å². The van der Waals surface area contributed by atoms with Gasteiger partial charge in [-0.2, -0.15) is 0 Å². The highest BCUT2D eigenvalue weighted by atomic mass is 35.5. The van der Waals surface area contributed by atoms with Crippen LogP contribution in [-0.2, 0) is 13.0 Å². The van der Waals surface area contributed by atoms with Gasteiger partial charge in [-0.3, -0.25) is 0 Å². The number of carbonyl (C=O) groups excluding carboxylic acids is 1. The molecule has 0 aliphatic heterocycles. The van der Waals surface area contributed by atoms with Crippen LogP contribution in [-0.4, -0.2) is 17.5 Å². The number of aryl methyl sites for hydroxylation is 2. The Labute approximate surface area is 181 Å². The van der Waals surface area contributed by atoms with Gasteiger partial charge in [0.15, 0.2) is 0 Å². The Bertz CT molecular complexity index is 793. The minimum atomic E-state index is -0.0743. The summed E-state index contributed by atoms with van der Waals surface area (Å²) in [4.78, 5) is 15.0. The minimum Gasteiger partial charge on any atom is -0.320 e. The van der Waals surface area contributed by atoms with Crippen LogP contribution in [0.25, 0.3) is 0 Å². The third-order valence-electron chi connectivity index (χ3n) is 5.06. The van der Waals surface area contributed by atoms with E-state index in [1.54, 1.807) is 6.07 Å². The van der Waals surface area contributed by atoms with E-state index in [2.05, 4.69) is 57.3 Å². The van der Waals surface area contributed by atoms with Crippen molar-refractivity contribution in [2.75, 3.05) is 11.9 Å². The zero-order valence-corrected chi connectivity index (χ0v) is 19.3. The van der Waals surface area contributed by atoms with Gasteiger partial charge < -0.3 is 10.2 Å². The maximum absolute atomic E-state index is 13.1. The minimum absolute atomic E-state index is 0.0743. The lowest BCUT2D eigenvalue weighted by atomic mass is 9.92. The van der Waals surface area contributed by atoms with Crippen molar-refractivity contribution in [3.63, 3.8) is 0 Å². The molecule has 0 unspecified atom stereocenters. The highest BCUT2D eigenvalue weighted by Gasteiger charge is 2.19. The summed E-state index contributed by atoms with van der Waals surface area (Å²) in [6.07, 6.45) is 4.46. The summed E-state index contributed by atoms with van der Waals surface area (Å²) in [5.74, 6) is 0. The molecule has 4 heteroatoms. The standard InChI is InChI=1S/C25H35ClN2O/c1-6-7-8-20-9-11-21(12-10-20)18-28(16-15-25(3,4)5)24(29)27-23-14-13-22(26)17-19(23)2/h9-14,17H,6-8,15-16,18H2,1-5H3,(H,27,29). The van der Waals surface area contributed by atoms with Crippen molar-refractivity contribution in [2.24, 2.45) is 5.41 Å². The molecule has 0 saturated heterocycles. The van der Waals surface area contributed by atoms with E-state index in [1.807, 2.05) is 24.0 Å². The molecule has 2 aromatic carbocycles. The third-order valence-corrected chi connectivity index (χ3v) is 5.30. The average molecular weight is 415 g/mol. The van der Waals surface area contributed by atoms with Gasteiger partial charge in [-0.1, -0.05) is 70.0 Å². The fourth-order valence-corrected chi connectivity index (χ4v) is 3.32. The van der Waals surface area contributed by atoms with Gasteiger partial charge in [0.05, 0.1) is 0 Å². The van der Waals surface area contributed by atoms with Gasteiger partial charge in [0, 0.05) is 23.8 Å². The summed E-state index contributed by atoms with van der Waals surface area (Å²) >= 11 is 6.04. The average Bonchev–Trinajstić information content (AvgIpc) is 2.65. The third kappa shape index (κ3) is 8.10. The SMILES string of the molecule is CCCCc1ccc(CN(CCC(C)(C)C)C(=O)Nc2ccc(Cl)cc2C)cc1. The van der Waals surface area contributed by atoms with Crippen molar-refractivity contribution < 1.29 is 4.79 Å². The Balaban J connectivity index is 2.11. The van der Waals surface area contributed by atoms with Crippen LogP contribution in [0.1, 0.15) is 63.6 Å². The number of hydrogen-bond acceptors (Lipinski definition) is 1. The molecule has 0 fully saturated rings. The number of anilines is 1. The number of halogens is 1. The first-order valence-electron chi connectivity index (χ1n) is 10.6. The lowest BCUT2D eigenvalue weighted by Gasteiger charge is -2.27. The van der Waals surface area contributed by atoms with E-state index in [-0.39, 0.29) is 11.4 Å². The fraction of sp³-hybridized carbons (Fsp3) is 0.480. The second kappa shape index (κ2) is 10.7. The molecule has 0 aliphatic rings. The van der Waals surface area contributed by atoms with Crippen LogP contribution in [0.5, 0.6) is 0 Å². The number of unbranched alkanes of at least 4 members (excludes halogenated alkanes) is 1. The van der Waals surface area contributed by atoms with E-state index in [4.69, 9.17) is 11.6 Å². The van der Waals surface area contributed by atoms with Crippen molar-refractivity contribution in [1.82, 2.24) is 4.90 Å². The summed E-state index contributed by atoms with van der Waals surface area (Å²) < 4.78 is 0. The Hall–Kier alpha value is -2.00. The molecule has 3 nitrogen and oxygen atoms in total. The fourth-order valence-electron chi connectivity index (χ4n) is 3.10. The maximum Gasteiger partial charge on any atom is 0.322 e. The number of nitrogens with zero attached hydrogens (tertiary/aromatic N) is 1. The zero-order chi connectivity index (χ0) is 21.4. The molecule has 0 aromatic heterocycles. The molecule has 2 aromatic rings. The molecule has 2 amide bonds. The highest BCUT2D eigenvalue weighted by molar-refractivity contribution is 6.30.